The molecular formula is C21H20N4O3. The molecule has 7 nitrogen and oxygen atoms in total. The topological polar surface area (TPSA) is 95.4 Å². The zero-order chi connectivity index (χ0) is 19.5. The number of nitrogens with one attached hydrogen (secondary N) is 1. The predicted octanol–water partition coefficient (Wildman–Crippen LogP) is 2.61. The summed E-state index contributed by atoms with van der Waals surface area (Å²) in [6.45, 7) is 1.04. The van der Waals surface area contributed by atoms with Crippen molar-refractivity contribution >= 4 is 28.6 Å². The van der Waals surface area contributed by atoms with E-state index < -0.39 is 5.97 Å². The summed E-state index contributed by atoms with van der Waals surface area (Å²) >= 11 is 0. The van der Waals surface area contributed by atoms with Crippen molar-refractivity contribution in [3.8, 4) is 0 Å². The molecule has 4 rings (SSSR count). The Bertz CT molecular complexity index is 1030. The summed E-state index contributed by atoms with van der Waals surface area (Å²) in [6, 6.07) is 14.1. The van der Waals surface area contributed by atoms with Crippen LogP contribution in [0.2, 0.25) is 0 Å². The highest BCUT2D eigenvalue weighted by Crippen LogP contribution is 2.29. The summed E-state index contributed by atoms with van der Waals surface area (Å²) in [5.41, 5.74) is 1.82. The number of amides is 1. The van der Waals surface area contributed by atoms with Gasteiger partial charge in [0.1, 0.15) is 18.2 Å². The zero-order valence-electron chi connectivity index (χ0n) is 15.2. The molecule has 3 aromatic rings. The number of carbonyl (C=O) groups is 2. The summed E-state index contributed by atoms with van der Waals surface area (Å²) in [5.74, 6) is -0.289. The summed E-state index contributed by atoms with van der Waals surface area (Å²) in [6.07, 6.45) is 3.19. The molecule has 1 saturated heterocycles. The molecule has 1 aromatic heterocycles. The smallest absolute Gasteiger partial charge is 0.335 e. The fraction of sp³-hybridized carbons (Fsp3) is 0.238. The molecule has 0 radical (unpaired) electrons. The molecule has 0 bridgehead atoms. The first-order chi connectivity index (χ1) is 13.6. The Morgan fingerprint density at radius 3 is 2.86 bits per heavy atom. The number of carbonyl (C=O) groups excluding carboxylic acids is 1. The van der Waals surface area contributed by atoms with Crippen molar-refractivity contribution in [3.63, 3.8) is 0 Å². The van der Waals surface area contributed by atoms with Gasteiger partial charge in [0.2, 0.25) is 5.91 Å². The second-order valence-electron chi connectivity index (χ2n) is 6.79. The predicted molar refractivity (Wildman–Crippen MR) is 105 cm³/mol. The fourth-order valence-electron chi connectivity index (χ4n) is 3.63. The second-order valence-corrected chi connectivity index (χ2v) is 6.79. The van der Waals surface area contributed by atoms with Crippen molar-refractivity contribution in [2.45, 2.75) is 25.4 Å². The first kappa shape index (κ1) is 17.9. The van der Waals surface area contributed by atoms with Crippen LogP contribution >= 0.6 is 0 Å². The number of aromatic carboxylic acids is 1. The summed E-state index contributed by atoms with van der Waals surface area (Å²) in [4.78, 5) is 34.7. The van der Waals surface area contributed by atoms with Gasteiger partial charge >= 0.3 is 5.97 Å². The van der Waals surface area contributed by atoms with E-state index in [0.29, 0.717) is 0 Å². The minimum Gasteiger partial charge on any atom is -0.478 e. The Kier molecular flexibility index (Phi) is 4.89. The molecule has 2 N–H and O–H groups in total. The van der Waals surface area contributed by atoms with Gasteiger partial charge in [-0.05, 0) is 42.7 Å². The van der Waals surface area contributed by atoms with E-state index >= 15 is 0 Å². The molecule has 1 fully saturated rings. The molecule has 142 valence electrons. The van der Waals surface area contributed by atoms with Gasteiger partial charge in [0, 0.05) is 18.5 Å². The Morgan fingerprint density at radius 1 is 1.14 bits per heavy atom. The summed E-state index contributed by atoms with van der Waals surface area (Å²) in [5, 5.41) is 13.0. The van der Waals surface area contributed by atoms with Crippen LogP contribution in [0, 0.1) is 0 Å². The highest BCUT2D eigenvalue weighted by Gasteiger charge is 2.32. The van der Waals surface area contributed by atoms with Gasteiger partial charge in [-0.25, -0.2) is 14.8 Å². The van der Waals surface area contributed by atoms with Crippen molar-refractivity contribution in [3.05, 3.63) is 66.0 Å². The molecule has 1 aliphatic heterocycles. The molecule has 1 amide bonds. The third-order valence-corrected chi connectivity index (χ3v) is 4.99. The summed E-state index contributed by atoms with van der Waals surface area (Å²) in [7, 11) is 0. The SMILES string of the molecule is O=C(O)c1cccc(CNC(=O)C2CCCN2c2ncnc3ccccc23)c1. The lowest BCUT2D eigenvalue weighted by atomic mass is 10.1. The Balaban J connectivity index is 1.51. The lowest BCUT2D eigenvalue weighted by Gasteiger charge is -2.25. The minimum absolute atomic E-state index is 0.0825. The summed E-state index contributed by atoms with van der Waals surface area (Å²) < 4.78 is 0. The highest BCUT2D eigenvalue weighted by molar-refractivity contribution is 5.93. The number of hydrogen-bond acceptors (Lipinski definition) is 5. The number of hydrogen-bond donors (Lipinski definition) is 2. The van der Waals surface area contributed by atoms with E-state index in [1.54, 1.807) is 18.2 Å². The van der Waals surface area contributed by atoms with Crippen LogP contribution in [0.15, 0.2) is 54.9 Å². The monoisotopic (exact) mass is 376 g/mol. The average Bonchev–Trinajstić information content (AvgIpc) is 3.21. The maximum atomic E-state index is 12.8. The van der Waals surface area contributed by atoms with Gasteiger partial charge in [-0.3, -0.25) is 4.79 Å². The van der Waals surface area contributed by atoms with Crippen molar-refractivity contribution < 1.29 is 14.7 Å². The first-order valence-electron chi connectivity index (χ1n) is 9.20. The number of aromatic nitrogens is 2. The molecule has 2 heterocycles. The van der Waals surface area contributed by atoms with Crippen LogP contribution in [0.5, 0.6) is 0 Å². The normalized spacial score (nSPS) is 16.3. The molecule has 1 aliphatic rings. The van der Waals surface area contributed by atoms with Gasteiger partial charge in [0.25, 0.3) is 0 Å². The minimum atomic E-state index is -0.981. The largest absolute Gasteiger partial charge is 0.478 e. The maximum Gasteiger partial charge on any atom is 0.335 e. The molecule has 28 heavy (non-hydrogen) atoms. The van der Waals surface area contributed by atoms with Crippen LogP contribution in [0.4, 0.5) is 5.82 Å². The van der Waals surface area contributed by atoms with Crippen LogP contribution in [-0.4, -0.2) is 39.5 Å². The van der Waals surface area contributed by atoms with Crippen LogP contribution in [-0.2, 0) is 11.3 Å². The van der Waals surface area contributed by atoms with Gasteiger partial charge < -0.3 is 15.3 Å². The fourth-order valence-corrected chi connectivity index (χ4v) is 3.63. The third-order valence-electron chi connectivity index (χ3n) is 4.99. The van der Waals surface area contributed by atoms with E-state index in [2.05, 4.69) is 15.3 Å². The molecule has 2 aromatic carbocycles. The number of carboxylic acids is 1. The number of anilines is 1. The van der Waals surface area contributed by atoms with Gasteiger partial charge in [-0.2, -0.15) is 0 Å². The number of nitrogens with zero attached hydrogens (tertiary/aromatic N) is 3. The van der Waals surface area contributed by atoms with Gasteiger partial charge in [0.15, 0.2) is 0 Å². The van der Waals surface area contributed by atoms with Crippen LogP contribution < -0.4 is 10.2 Å². The highest BCUT2D eigenvalue weighted by atomic mass is 16.4. The van der Waals surface area contributed by atoms with Crippen LogP contribution in [0.25, 0.3) is 10.9 Å². The number of carboxylic acid groups (broad SMARTS) is 1. The molecule has 7 heteroatoms. The maximum absolute atomic E-state index is 12.8. The zero-order valence-corrected chi connectivity index (χ0v) is 15.2. The van der Waals surface area contributed by atoms with Crippen molar-refractivity contribution in [1.29, 1.82) is 0 Å². The van der Waals surface area contributed by atoms with Gasteiger partial charge in [-0.15, -0.1) is 0 Å². The second kappa shape index (κ2) is 7.64. The molecule has 1 atom stereocenters. The average molecular weight is 376 g/mol. The Morgan fingerprint density at radius 2 is 2.00 bits per heavy atom. The number of para-hydroxylation sites is 1. The van der Waals surface area contributed by atoms with Crippen molar-refractivity contribution in [2.24, 2.45) is 0 Å². The quantitative estimate of drug-likeness (QED) is 0.711. The first-order valence-corrected chi connectivity index (χ1v) is 9.20. The van der Waals surface area contributed by atoms with Crippen molar-refractivity contribution in [1.82, 2.24) is 15.3 Å². The van der Waals surface area contributed by atoms with Crippen LogP contribution in [0.3, 0.4) is 0 Å². The lowest BCUT2D eigenvalue weighted by Crippen LogP contribution is -2.43. The third kappa shape index (κ3) is 3.51. The Hall–Kier alpha value is -3.48. The standard InChI is InChI=1S/C21H20N4O3/c26-20(22-12-14-5-3-6-15(11-14)21(27)28)18-9-4-10-25(18)19-16-7-1-2-8-17(16)23-13-24-19/h1-3,5-8,11,13,18H,4,9-10,12H2,(H,22,26)(H,27,28). The lowest BCUT2D eigenvalue weighted by molar-refractivity contribution is -0.122. The van der Waals surface area contributed by atoms with Crippen molar-refractivity contribution in [2.75, 3.05) is 11.4 Å². The van der Waals surface area contributed by atoms with Crippen LogP contribution in [0.1, 0.15) is 28.8 Å². The van der Waals surface area contributed by atoms with E-state index in [9.17, 15) is 9.59 Å². The molecule has 0 aliphatic carbocycles. The van der Waals surface area contributed by atoms with E-state index in [-0.39, 0.29) is 24.1 Å². The van der Waals surface area contributed by atoms with Gasteiger partial charge in [-0.1, -0.05) is 24.3 Å². The molecule has 0 spiro atoms. The Labute approximate surface area is 162 Å². The molecule has 1 unspecified atom stereocenters. The number of fused-ring (bicyclic) bond motifs is 1. The van der Waals surface area contributed by atoms with E-state index in [0.717, 1.165) is 41.7 Å². The van der Waals surface area contributed by atoms with E-state index in [1.165, 1.54) is 12.4 Å². The number of rotatable bonds is 5. The van der Waals surface area contributed by atoms with E-state index in [4.69, 9.17) is 5.11 Å². The molecule has 0 saturated carbocycles. The number of benzene rings is 2. The molecular weight excluding hydrogens is 356 g/mol. The van der Waals surface area contributed by atoms with Gasteiger partial charge in [0.05, 0.1) is 11.1 Å². The van der Waals surface area contributed by atoms with E-state index in [1.807, 2.05) is 29.2 Å².